The van der Waals surface area contributed by atoms with E-state index in [1.807, 2.05) is 43.3 Å². The molecule has 0 spiro atoms. The van der Waals surface area contributed by atoms with E-state index in [4.69, 9.17) is 9.68 Å². The van der Waals surface area contributed by atoms with Crippen LogP contribution < -0.4 is 5.32 Å². The van der Waals surface area contributed by atoms with Crippen LogP contribution >= 0.6 is 23.5 Å². The first-order valence-corrected chi connectivity index (χ1v) is 9.34. The zero-order valence-electron chi connectivity index (χ0n) is 12.8. The van der Waals surface area contributed by atoms with Gasteiger partial charge in [0.15, 0.2) is 0 Å². The normalized spacial score (nSPS) is 11.7. The Morgan fingerprint density at radius 3 is 2.91 bits per heavy atom. The molecule has 2 rings (SSSR count). The Balaban J connectivity index is 1.84. The van der Waals surface area contributed by atoms with Crippen LogP contribution in [0.15, 0.2) is 52.0 Å². The summed E-state index contributed by atoms with van der Waals surface area (Å²) >= 11 is 3.09. The monoisotopic (exact) mass is 346 g/mol. The van der Waals surface area contributed by atoms with E-state index in [1.54, 1.807) is 18.0 Å². The molecule has 1 atom stereocenters. The first-order chi connectivity index (χ1) is 11.2. The van der Waals surface area contributed by atoms with Gasteiger partial charge in [-0.1, -0.05) is 12.1 Å². The van der Waals surface area contributed by atoms with E-state index < -0.39 is 0 Å². The Labute approximate surface area is 144 Å². The smallest absolute Gasteiger partial charge is 0.234 e. The summed E-state index contributed by atoms with van der Waals surface area (Å²) < 4.78 is 5.24. The maximum Gasteiger partial charge on any atom is 0.234 e. The van der Waals surface area contributed by atoms with Crippen molar-refractivity contribution < 1.29 is 9.21 Å². The Hall–Kier alpha value is -1.84. The molecule has 1 aromatic carbocycles. The van der Waals surface area contributed by atoms with Crippen LogP contribution in [0.5, 0.6) is 0 Å². The molecule has 0 aliphatic heterocycles. The lowest BCUT2D eigenvalue weighted by Gasteiger charge is -2.11. The number of furan rings is 1. The fourth-order valence-corrected chi connectivity index (χ4v) is 3.45. The maximum absolute atomic E-state index is 12.1. The van der Waals surface area contributed by atoms with Gasteiger partial charge in [-0.2, -0.15) is 5.26 Å². The third-order valence-electron chi connectivity index (χ3n) is 2.93. The first kappa shape index (κ1) is 17.5. The molecule has 23 heavy (non-hydrogen) atoms. The average Bonchev–Trinajstić information content (AvgIpc) is 3.07. The highest BCUT2D eigenvalue weighted by atomic mass is 32.2. The molecule has 1 aromatic heterocycles. The third-order valence-corrected chi connectivity index (χ3v) is 5.22. The molecule has 1 N–H and O–H groups in total. The van der Waals surface area contributed by atoms with E-state index in [1.165, 1.54) is 11.8 Å². The molecule has 0 saturated heterocycles. The van der Waals surface area contributed by atoms with E-state index in [9.17, 15) is 4.79 Å². The molecule has 1 heterocycles. The van der Waals surface area contributed by atoms with E-state index in [2.05, 4.69) is 11.4 Å². The number of amides is 1. The largest absolute Gasteiger partial charge is 0.468 e. The first-order valence-electron chi connectivity index (χ1n) is 7.20. The van der Waals surface area contributed by atoms with Crippen molar-refractivity contribution in [3.63, 3.8) is 0 Å². The highest BCUT2D eigenvalue weighted by Crippen LogP contribution is 2.28. The van der Waals surface area contributed by atoms with E-state index >= 15 is 0 Å². The summed E-state index contributed by atoms with van der Waals surface area (Å²) in [6.45, 7) is 1.89. The van der Waals surface area contributed by atoms with Gasteiger partial charge in [0.1, 0.15) is 5.76 Å². The second-order valence-electron chi connectivity index (χ2n) is 4.96. The average molecular weight is 346 g/mol. The van der Waals surface area contributed by atoms with Gasteiger partial charge < -0.3 is 9.73 Å². The molecule has 4 nitrogen and oxygen atoms in total. The number of para-hydroxylation sites is 1. The highest BCUT2D eigenvalue weighted by molar-refractivity contribution is 7.99. The minimum Gasteiger partial charge on any atom is -0.468 e. The van der Waals surface area contributed by atoms with Crippen molar-refractivity contribution in [1.29, 1.82) is 5.26 Å². The van der Waals surface area contributed by atoms with Crippen LogP contribution in [0.2, 0.25) is 0 Å². The van der Waals surface area contributed by atoms with Gasteiger partial charge in [0.25, 0.3) is 0 Å². The standard InChI is InChI=1S/C17H18N2O2S2/c1-13(9-18)10-23-16-7-3-2-6-15(16)19-17(20)12-22-11-14-5-4-8-21-14/h2-8,13H,10-12H2,1H3,(H,19,20)/t13-/m0/s1. The predicted molar refractivity (Wildman–Crippen MR) is 95.4 cm³/mol. The van der Waals surface area contributed by atoms with Gasteiger partial charge in [0, 0.05) is 10.6 Å². The lowest BCUT2D eigenvalue weighted by Crippen LogP contribution is -2.14. The van der Waals surface area contributed by atoms with Crippen LogP contribution in [-0.2, 0) is 10.5 Å². The van der Waals surface area contributed by atoms with Crippen molar-refractivity contribution in [1.82, 2.24) is 0 Å². The van der Waals surface area contributed by atoms with Gasteiger partial charge in [-0.05, 0) is 31.2 Å². The van der Waals surface area contributed by atoms with Crippen molar-refractivity contribution in [3.05, 3.63) is 48.4 Å². The summed E-state index contributed by atoms with van der Waals surface area (Å²) in [7, 11) is 0. The van der Waals surface area contributed by atoms with E-state index in [0.29, 0.717) is 17.3 Å². The van der Waals surface area contributed by atoms with Gasteiger partial charge in [0.2, 0.25) is 5.91 Å². The number of nitrogens with one attached hydrogen (secondary N) is 1. The fraction of sp³-hybridized carbons (Fsp3) is 0.294. The summed E-state index contributed by atoms with van der Waals surface area (Å²) in [5.41, 5.74) is 0.797. The second kappa shape index (κ2) is 9.33. The number of nitrogens with zero attached hydrogens (tertiary/aromatic N) is 1. The summed E-state index contributed by atoms with van der Waals surface area (Å²) in [6.07, 6.45) is 1.63. The van der Waals surface area contributed by atoms with Crippen LogP contribution in [0.4, 0.5) is 5.69 Å². The molecule has 0 unspecified atom stereocenters. The van der Waals surface area contributed by atoms with E-state index in [-0.39, 0.29) is 11.8 Å². The SMILES string of the molecule is C[C@@H](C#N)CSc1ccccc1NC(=O)CSCc1ccco1. The van der Waals surface area contributed by atoms with Crippen molar-refractivity contribution in [2.45, 2.75) is 17.6 Å². The zero-order chi connectivity index (χ0) is 16.5. The van der Waals surface area contributed by atoms with Crippen LogP contribution in [0, 0.1) is 17.2 Å². The summed E-state index contributed by atoms with van der Waals surface area (Å²) in [5, 5.41) is 11.8. The summed E-state index contributed by atoms with van der Waals surface area (Å²) in [4.78, 5) is 13.0. The topological polar surface area (TPSA) is 66.0 Å². The Kier molecular flexibility index (Phi) is 7.11. The maximum atomic E-state index is 12.1. The number of rotatable bonds is 8. The molecule has 0 aliphatic rings. The number of nitriles is 1. The minimum atomic E-state index is -0.0389. The number of hydrogen-bond acceptors (Lipinski definition) is 5. The molecular weight excluding hydrogens is 328 g/mol. The molecule has 1 amide bonds. The van der Waals surface area contributed by atoms with Gasteiger partial charge >= 0.3 is 0 Å². The van der Waals surface area contributed by atoms with Crippen molar-refractivity contribution in [2.75, 3.05) is 16.8 Å². The van der Waals surface area contributed by atoms with Crippen molar-refractivity contribution in [3.8, 4) is 6.07 Å². The molecule has 0 bridgehead atoms. The molecule has 0 fully saturated rings. The number of benzene rings is 1. The second-order valence-corrected chi connectivity index (χ2v) is 7.01. The van der Waals surface area contributed by atoms with Crippen LogP contribution in [0.25, 0.3) is 0 Å². The third kappa shape index (κ3) is 6.05. The number of anilines is 1. The summed E-state index contributed by atoms with van der Waals surface area (Å²) in [5.74, 6) is 2.56. The van der Waals surface area contributed by atoms with Crippen LogP contribution in [-0.4, -0.2) is 17.4 Å². The Morgan fingerprint density at radius 2 is 2.17 bits per heavy atom. The number of hydrogen-bond donors (Lipinski definition) is 1. The predicted octanol–water partition coefficient (Wildman–Crippen LogP) is 4.40. The molecule has 2 aromatic rings. The van der Waals surface area contributed by atoms with Gasteiger partial charge in [-0.3, -0.25) is 4.79 Å². The van der Waals surface area contributed by atoms with Gasteiger partial charge in [-0.15, -0.1) is 23.5 Å². The molecule has 0 aliphatic carbocycles. The lowest BCUT2D eigenvalue weighted by molar-refractivity contribution is -0.113. The van der Waals surface area contributed by atoms with E-state index in [0.717, 1.165) is 16.3 Å². The minimum absolute atomic E-state index is 0.0207. The molecule has 0 saturated carbocycles. The highest BCUT2D eigenvalue weighted by Gasteiger charge is 2.09. The molecule has 0 radical (unpaired) electrons. The summed E-state index contributed by atoms with van der Waals surface area (Å²) in [6, 6.07) is 13.6. The van der Waals surface area contributed by atoms with Crippen LogP contribution in [0.1, 0.15) is 12.7 Å². The number of thioether (sulfide) groups is 2. The Morgan fingerprint density at radius 1 is 1.35 bits per heavy atom. The Bertz CT molecular complexity index is 665. The zero-order valence-corrected chi connectivity index (χ0v) is 14.5. The molecule has 6 heteroatoms. The van der Waals surface area contributed by atoms with Crippen LogP contribution in [0.3, 0.4) is 0 Å². The molecule has 120 valence electrons. The number of carbonyl (C=O) groups excluding carboxylic acids is 1. The van der Waals surface area contributed by atoms with Crippen molar-refractivity contribution >= 4 is 35.1 Å². The quantitative estimate of drug-likeness (QED) is 0.718. The van der Waals surface area contributed by atoms with Gasteiger partial charge in [0.05, 0.1) is 35.4 Å². The lowest BCUT2D eigenvalue weighted by atomic mass is 10.3. The van der Waals surface area contributed by atoms with Gasteiger partial charge in [-0.25, -0.2) is 0 Å². The number of carbonyl (C=O) groups is 1. The molecular formula is C17H18N2O2S2. The fourth-order valence-electron chi connectivity index (χ4n) is 1.77. The van der Waals surface area contributed by atoms with Crippen molar-refractivity contribution in [2.24, 2.45) is 5.92 Å².